The summed E-state index contributed by atoms with van der Waals surface area (Å²) in [5.41, 5.74) is 8.92. The second kappa shape index (κ2) is 4.44. The average Bonchev–Trinajstić information content (AvgIpc) is 2.78. The number of nitrogens with zero attached hydrogens (tertiary/aromatic N) is 3. The van der Waals surface area contributed by atoms with Crippen LogP contribution in [0.4, 0.5) is 17.3 Å². The molecule has 0 atom stereocenters. The lowest BCUT2D eigenvalue weighted by Gasteiger charge is -2.04. The highest BCUT2D eigenvalue weighted by molar-refractivity contribution is 6.33. The second-order valence-electron chi connectivity index (χ2n) is 4.26. The van der Waals surface area contributed by atoms with Gasteiger partial charge in [-0.3, -0.25) is 0 Å². The number of nitrogens with one attached hydrogen (secondary N) is 1. The summed E-state index contributed by atoms with van der Waals surface area (Å²) in [4.78, 5) is 4.42. The molecule has 2 heterocycles. The maximum atomic E-state index is 6.10. The summed E-state index contributed by atoms with van der Waals surface area (Å²) in [6.45, 7) is 1.99. The number of aromatic nitrogens is 3. The maximum absolute atomic E-state index is 6.10. The van der Waals surface area contributed by atoms with Crippen LogP contribution in [0.2, 0.25) is 5.02 Å². The Kier molecular flexibility index (Phi) is 2.76. The summed E-state index contributed by atoms with van der Waals surface area (Å²) >= 11 is 6.10. The van der Waals surface area contributed by atoms with E-state index in [0.29, 0.717) is 22.3 Å². The molecule has 3 N–H and O–H groups in total. The number of rotatable bonds is 2. The van der Waals surface area contributed by atoms with Gasteiger partial charge < -0.3 is 11.1 Å². The Morgan fingerprint density at radius 1 is 1.32 bits per heavy atom. The van der Waals surface area contributed by atoms with Gasteiger partial charge in [-0.2, -0.15) is 4.98 Å². The highest BCUT2D eigenvalue weighted by atomic mass is 35.5. The van der Waals surface area contributed by atoms with Crippen molar-refractivity contribution in [3.63, 3.8) is 0 Å². The van der Waals surface area contributed by atoms with Crippen LogP contribution in [-0.4, -0.2) is 14.6 Å². The number of nitrogen functional groups attached to an aromatic ring is 1. The first kappa shape index (κ1) is 11.8. The van der Waals surface area contributed by atoms with E-state index < -0.39 is 0 Å². The van der Waals surface area contributed by atoms with Crippen molar-refractivity contribution >= 4 is 34.6 Å². The molecule has 0 fully saturated rings. The van der Waals surface area contributed by atoms with Crippen molar-refractivity contribution in [1.29, 1.82) is 0 Å². The van der Waals surface area contributed by atoms with Crippen molar-refractivity contribution in [2.45, 2.75) is 6.92 Å². The molecular weight excluding hydrogens is 262 g/mol. The van der Waals surface area contributed by atoms with Gasteiger partial charge in [-0.1, -0.05) is 17.7 Å². The lowest BCUT2D eigenvalue weighted by atomic mass is 10.3. The monoisotopic (exact) mass is 273 g/mol. The Hall–Kier alpha value is -2.27. The maximum Gasteiger partial charge on any atom is 0.247 e. The zero-order chi connectivity index (χ0) is 13.4. The molecule has 0 saturated carbocycles. The normalized spacial score (nSPS) is 10.8. The van der Waals surface area contributed by atoms with Gasteiger partial charge in [0.25, 0.3) is 0 Å². The number of aryl methyl sites for hydroxylation is 1. The first-order valence-electron chi connectivity index (χ1n) is 5.77. The van der Waals surface area contributed by atoms with Gasteiger partial charge in [0, 0.05) is 11.9 Å². The predicted molar refractivity (Wildman–Crippen MR) is 76.9 cm³/mol. The summed E-state index contributed by atoms with van der Waals surface area (Å²) < 4.78 is 1.72. The van der Waals surface area contributed by atoms with Crippen LogP contribution in [-0.2, 0) is 0 Å². The molecule has 96 valence electrons. The van der Waals surface area contributed by atoms with Crippen LogP contribution in [0, 0.1) is 6.92 Å². The third-order valence-corrected chi connectivity index (χ3v) is 3.12. The van der Waals surface area contributed by atoms with Gasteiger partial charge in [-0.15, -0.1) is 5.10 Å². The van der Waals surface area contributed by atoms with Gasteiger partial charge in [-0.25, -0.2) is 4.52 Å². The molecule has 0 aliphatic heterocycles. The summed E-state index contributed by atoms with van der Waals surface area (Å²) in [7, 11) is 0. The quantitative estimate of drug-likeness (QED) is 0.704. The van der Waals surface area contributed by atoms with E-state index >= 15 is 0 Å². The van der Waals surface area contributed by atoms with Crippen LogP contribution in [0.1, 0.15) is 5.56 Å². The molecule has 0 spiro atoms. The fraction of sp³-hybridized carbons (Fsp3) is 0.0769. The number of benzene rings is 1. The van der Waals surface area contributed by atoms with E-state index in [-0.39, 0.29) is 0 Å². The molecule has 0 radical (unpaired) electrons. The summed E-state index contributed by atoms with van der Waals surface area (Å²) in [6.07, 6.45) is 1.85. The number of hydrogen-bond acceptors (Lipinski definition) is 4. The van der Waals surface area contributed by atoms with Crippen molar-refractivity contribution in [1.82, 2.24) is 14.6 Å². The molecule has 5 nitrogen and oxygen atoms in total. The number of hydrogen-bond donors (Lipinski definition) is 2. The molecule has 1 aromatic carbocycles. The molecule has 6 heteroatoms. The van der Waals surface area contributed by atoms with Gasteiger partial charge in [-0.05, 0) is 36.8 Å². The fourth-order valence-electron chi connectivity index (χ4n) is 1.85. The molecule has 0 amide bonds. The van der Waals surface area contributed by atoms with Crippen LogP contribution < -0.4 is 11.1 Å². The molecule has 0 aliphatic rings. The SMILES string of the molecule is Cc1cccn2nc(Nc3cc(N)ccc3Cl)nc12. The minimum atomic E-state index is 0.488. The van der Waals surface area contributed by atoms with E-state index in [4.69, 9.17) is 17.3 Å². The van der Waals surface area contributed by atoms with Gasteiger partial charge in [0.15, 0.2) is 5.65 Å². The summed E-state index contributed by atoms with van der Waals surface area (Å²) in [5.74, 6) is 0.488. The standard InChI is InChI=1S/C13H12ClN5/c1-8-3-2-6-19-12(8)17-13(18-19)16-11-7-9(15)4-5-10(11)14/h2-7H,15H2,1H3,(H,16,18). The van der Waals surface area contributed by atoms with Gasteiger partial charge in [0.2, 0.25) is 5.95 Å². The predicted octanol–water partition coefficient (Wildman–Crippen LogP) is 3.02. The first-order valence-corrected chi connectivity index (χ1v) is 6.15. The second-order valence-corrected chi connectivity index (χ2v) is 4.67. The average molecular weight is 274 g/mol. The lowest BCUT2D eigenvalue weighted by molar-refractivity contribution is 0.960. The molecular formula is C13H12ClN5. The topological polar surface area (TPSA) is 68.2 Å². The van der Waals surface area contributed by atoms with Crippen molar-refractivity contribution in [3.8, 4) is 0 Å². The Balaban J connectivity index is 2.01. The number of anilines is 3. The summed E-state index contributed by atoms with van der Waals surface area (Å²) in [6, 6.07) is 9.14. The first-order chi connectivity index (χ1) is 9.13. The zero-order valence-corrected chi connectivity index (χ0v) is 11.0. The molecule has 0 unspecified atom stereocenters. The van der Waals surface area contributed by atoms with Crippen molar-refractivity contribution in [2.75, 3.05) is 11.1 Å². The molecule has 3 rings (SSSR count). The zero-order valence-electron chi connectivity index (χ0n) is 10.3. The summed E-state index contributed by atoms with van der Waals surface area (Å²) in [5, 5.41) is 7.98. The van der Waals surface area contributed by atoms with E-state index in [1.54, 1.807) is 22.7 Å². The van der Waals surface area contributed by atoms with Crippen molar-refractivity contribution in [3.05, 3.63) is 47.1 Å². The number of pyridine rings is 1. The Morgan fingerprint density at radius 3 is 2.95 bits per heavy atom. The highest BCUT2D eigenvalue weighted by Crippen LogP contribution is 2.26. The molecule has 0 saturated heterocycles. The third kappa shape index (κ3) is 2.20. The van der Waals surface area contributed by atoms with Gasteiger partial charge >= 0.3 is 0 Å². The number of halogens is 1. The number of nitrogens with two attached hydrogens (primary N) is 1. The molecule has 2 aromatic heterocycles. The molecule has 0 bridgehead atoms. The third-order valence-electron chi connectivity index (χ3n) is 2.79. The van der Waals surface area contributed by atoms with Crippen molar-refractivity contribution in [2.24, 2.45) is 0 Å². The fourth-order valence-corrected chi connectivity index (χ4v) is 2.02. The minimum absolute atomic E-state index is 0.488. The van der Waals surface area contributed by atoms with Gasteiger partial charge in [0.1, 0.15) is 0 Å². The molecule has 3 aromatic rings. The Labute approximate surface area is 115 Å². The van der Waals surface area contributed by atoms with Crippen LogP contribution in [0.3, 0.4) is 0 Å². The van der Waals surface area contributed by atoms with Gasteiger partial charge in [0.05, 0.1) is 10.7 Å². The smallest absolute Gasteiger partial charge is 0.247 e. The van der Waals surface area contributed by atoms with E-state index in [1.165, 1.54) is 0 Å². The lowest BCUT2D eigenvalue weighted by Crippen LogP contribution is -1.95. The van der Waals surface area contributed by atoms with Crippen LogP contribution in [0.5, 0.6) is 0 Å². The largest absolute Gasteiger partial charge is 0.399 e. The van der Waals surface area contributed by atoms with E-state index in [1.807, 2.05) is 25.3 Å². The van der Waals surface area contributed by atoms with E-state index in [9.17, 15) is 0 Å². The molecule has 19 heavy (non-hydrogen) atoms. The van der Waals surface area contributed by atoms with Crippen LogP contribution in [0.15, 0.2) is 36.5 Å². The Bertz CT molecular complexity index is 750. The van der Waals surface area contributed by atoms with Crippen LogP contribution in [0.25, 0.3) is 5.65 Å². The Morgan fingerprint density at radius 2 is 2.16 bits per heavy atom. The molecule has 0 aliphatic carbocycles. The minimum Gasteiger partial charge on any atom is -0.399 e. The van der Waals surface area contributed by atoms with E-state index in [2.05, 4.69) is 15.4 Å². The number of fused-ring (bicyclic) bond motifs is 1. The highest BCUT2D eigenvalue weighted by Gasteiger charge is 2.07. The van der Waals surface area contributed by atoms with Crippen molar-refractivity contribution < 1.29 is 0 Å². The van der Waals surface area contributed by atoms with E-state index in [0.717, 1.165) is 11.2 Å². The van der Waals surface area contributed by atoms with Crippen LogP contribution >= 0.6 is 11.6 Å².